The van der Waals surface area contributed by atoms with Gasteiger partial charge in [-0.05, 0) is 54.5 Å². The molecule has 1 amide bonds. The number of rotatable bonds is 4. The molecular weight excluding hydrogens is 342 g/mol. The molecule has 5 nitrogen and oxygen atoms in total. The van der Waals surface area contributed by atoms with Gasteiger partial charge in [0.25, 0.3) is 0 Å². The lowest BCUT2D eigenvalue weighted by atomic mass is 9.74. The molecule has 2 aliphatic heterocycles. The highest BCUT2D eigenvalue weighted by Crippen LogP contribution is 2.46. The second kappa shape index (κ2) is 6.80. The number of ether oxygens (including phenoxy) is 3. The highest BCUT2D eigenvalue weighted by Gasteiger charge is 2.32. The minimum absolute atomic E-state index is 0.0389. The van der Waals surface area contributed by atoms with Crippen molar-refractivity contribution < 1.29 is 19.0 Å². The molecule has 0 saturated carbocycles. The molecule has 140 valence electrons. The predicted octanol–water partition coefficient (Wildman–Crippen LogP) is 3.52. The van der Waals surface area contributed by atoms with Crippen molar-refractivity contribution in [3.8, 4) is 17.2 Å². The summed E-state index contributed by atoms with van der Waals surface area (Å²) in [5.74, 6) is 3.52. The number of hydrogen-bond acceptors (Lipinski definition) is 4. The number of carbonyl (C=O) groups excluding carboxylic acids is 1. The molecule has 0 radical (unpaired) electrons. The molecule has 0 aromatic heterocycles. The van der Waals surface area contributed by atoms with Crippen molar-refractivity contribution in [2.75, 3.05) is 19.9 Å². The van der Waals surface area contributed by atoms with Crippen LogP contribution < -0.4 is 19.5 Å². The Hall–Kier alpha value is -2.69. The van der Waals surface area contributed by atoms with E-state index < -0.39 is 0 Å². The largest absolute Gasteiger partial charge is 0.493 e. The van der Waals surface area contributed by atoms with Gasteiger partial charge < -0.3 is 19.5 Å². The average Bonchev–Trinajstić information content (AvgIpc) is 3.16. The first-order valence-corrected chi connectivity index (χ1v) is 9.69. The summed E-state index contributed by atoms with van der Waals surface area (Å²) in [4.78, 5) is 12.5. The van der Waals surface area contributed by atoms with E-state index in [1.165, 1.54) is 17.5 Å². The number of amides is 1. The van der Waals surface area contributed by atoms with E-state index in [2.05, 4.69) is 23.5 Å². The van der Waals surface area contributed by atoms with Crippen LogP contribution in [-0.2, 0) is 11.2 Å². The molecule has 0 bridgehead atoms. The summed E-state index contributed by atoms with van der Waals surface area (Å²) in [6.07, 6.45) is 3.75. The highest BCUT2D eigenvalue weighted by atomic mass is 16.7. The first-order chi connectivity index (χ1) is 13.3. The zero-order valence-corrected chi connectivity index (χ0v) is 15.2. The fraction of sp³-hybridized carbons (Fsp3) is 0.409. The fourth-order valence-electron chi connectivity index (χ4n) is 4.53. The Morgan fingerprint density at radius 1 is 1.00 bits per heavy atom. The Balaban J connectivity index is 1.25. The number of fused-ring (bicyclic) bond motifs is 1. The number of hydrogen-bond donors (Lipinski definition) is 1. The van der Waals surface area contributed by atoms with Crippen LogP contribution in [0.25, 0.3) is 0 Å². The summed E-state index contributed by atoms with van der Waals surface area (Å²) < 4.78 is 16.6. The SMILES string of the molecule is O=C(Cc1ccc2c(c1)OCO2)NC[C@@H]1CC[C@@H]2CCOc3cccc1c32. The highest BCUT2D eigenvalue weighted by molar-refractivity contribution is 5.79. The molecule has 2 atom stereocenters. The lowest BCUT2D eigenvalue weighted by Crippen LogP contribution is -2.32. The first kappa shape index (κ1) is 16.5. The molecule has 5 heteroatoms. The maximum absolute atomic E-state index is 12.5. The van der Waals surface area contributed by atoms with Crippen molar-refractivity contribution in [2.24, 2.45) is 0 Å². The van der Waals surface area contributed by atoms with Crippen molar-refractivity contribution >= 4 is 5.91 Å². The molecule has 1 aliphatic carbocycles. The van der Waals surface area contributed by atoms with Crippen LogP contribution in [0, 0.1) is 0 Å². The van der Waals surface area contributed by atoms with Gasteiger partial charge in [0.2, 0.25) is 12.7 Å². The van der Waals surface area contributed by atoms with Crippen LogP contribution in [0.2, 0.25) is 0 Å². The van der Waals surface area contributed by atoms with Gasteiger partial charge in [0.15, 0.2) is 11.5 Å². The smallest absolute Gasteiger partial charge is 0.231 e. The quantitative estimate of drug-likeness (QED) is 0.901. The van der Waals surface area contributed by atoms with E-state index in [0.29, 0.717) is 24.8 Å². The summed E-state index contributed by atoms with van der Waals surface area (Å²) in [5, 5.41) is 3.13. The van der Waals surface area contributed by atoms with Crippen LogP contribution in [0.4, 0.5) is 0 Å². The molecule has 2 aromatic carbocycles. The van der Waals surface area contributed by atoms with E-state index in [0.717, 1.165) is 42.3 Å². The second-order valence-electron chi connectivity index (χ2n) is 7.54. The van der Waals surface area contributed by atoms with Crippen LogP contribution in [0.1, 0.15) is 47.8 Å². The van der Waals surface area contributed by atoms with Gasteiger partial charge in [0.05, 0.1) is 13.0 Å². The van der Waals surface area contributed by atoms with Crippen molar-refractivity contribution in [3.63, 3.8) is 0 Å². The van der Waals surface area contributed by atoms with Gasteiger partial charge >= 0.3 is 0 Å². The van der Waals surface area contributed by atoms with Crippen LogP contribution in [-0.4, -0.2) is 25.9 Å². The summed E-state index contributed by atoms with van der Waals surface area (Å²) in [6.45, 7) is 1.74. The van der Waals surface area contributed by atoms with Gasteiger partial charge in [0, 0.05) is 18.0 Å². The first-order valence-electron chi connectivity index (χ1n) is 9.69. The molecule has 27 heavy (non-hydrogen) atoms. The van der Waals surface area contributed by atoms with E-state index in [1.54, 1.807) is 0 Å². The topological polar surface area (TPSA) is 56.8 Å². The Kier molecular flexibility index (Phi) is 4.15. The average molecular weight is 365 g/mol. The molecule has 0 spiro atoms. The summed E-state index contributed by atoms with van der Waals surface area (Å²) in [7, 11) is 0. The fourth-order valence-corrected chi connectivity index (χ4v) is 4.53. The molecule has 5 rings (SSSR count). The molecule has 2 aromatic rings. The van der Waals surface area contributed by atoms with E-state index in [1.807, 2.05) is 18.2 Å². The number of carbonyl (C=O) groups is 1. The summed E-state index contributed by atoms with van der Waals surface area (Å²) >= 11 is 0. The second-order valence-corrected chi connectivity index (χ2v) is 7.54. The molecule has 0 saturated heterocycles. The molecular formula is C22H23NO4. The predicted molar refractivity (Wildman–Crippen MR) is 101 cm³/mol. The molecule has 0 unspecified atom stereocenters. The number of benzene rings is 2. The standard InChI is InChI=1S/C22H23NO4/c24-21(11-14-4-7-18-20(10-14)27-13-26-18)23-12-16-6-5-15-8-9-25-19-3-1-2-17(16)22(15)19/h1-4,7,10,15-16H,5-6,8-9,11-13H2,(H,23,24)/t15-,16+/m1/s1. The number of nitrogens with one attached hydrogen (secondary N) is 1. The summed E-state index contributed by atoms with van der Waals surface area (Å²) in [6, 6.07) is 12.0. The molecule has 1 N–H and O–H groups in total. The van der Waals surface area contributed by atoms with Gasteiger partial charge in [0.1, 0.15) is 5.75 Å². The lowest BCUT2D eigenvalue weighted by Gasteiger charge is -2.36. The third kappa shape index (κ3) is 3.11. The normalized spacial score (nSPS) is 21.9. The maximum Gasteiger partial charge on any atom is 0.231 e. The van der Waals surface area contributed by atoms with Crippen LogP contribution >= 0.6 is 0 Å². The zero-order valence-electron chi connectivity index (χ0n) is 15.2. The third-order valence-corrected chi connectivity index (χ3v) is 5.88. The van der Waals surface area contributed by atoms with E-state index in [9.17, 15) is 4.79 Å². The van der Waals surface area contributed by atoms with E-state index in [-0.39, 0.29) is 12.7 Å². The van der Waals surface area contributed by atoms with Crippen molar-refractivity contribution in [1.29, 1.82) is 0 Å². The molecule has 3 aliphatic rings. The third-order valence-electron chi connectivity index (χ3n) is 5.88. The van der Waals surface area contributed by atoms with E-state index in [4.69, 9.17) is 14.2 Å². The Bertz CT molecular complexity index is 879. The summed E-state index contributed by atoms with van der Waals surface area (Å²) in [5.41, 5.74) is 3.67. The van der Waals surface area contributed by atoms with Crippen molar-refractivity contribution in [2.45, 2.75) is 37.5 Å². The molecule has 2 heterocycles. The van der Waals surface area contributed by atoms with Gasteiger partial charge in [-0.2, -0.15) is 0 Å². The van der Waals surface area contributed by atoms with Crippen molar-refractivity contribution in [1.82, 2.24) is 5.32 Å². The van der Waals surface area contributed by atoms with Crippen LogP contribution in [0.15, 0.2) is 36.4 Å². The van der Waals surface area contributed by atoms with Gasteiger partial charge in [-0.1, -0.05) is 18.2 Å². The minimum atomic E-state index is 0.0389. The van der Waals surface area contributed by atoms with Gasteiger partial charge in [-0.3, -0.25) is 4.79 Å². The van der Waals surface area contributed by atoms with Crippen LogP contribution in [0.3, 0.4) is 0 Å². The van der Waals surface area contributed by atoms with Gasteiger partial charge in [-0.15, -0.1) is 0 Å². The zero-order chi connectivity index (χ0) is 18.2. The maximum atomic E-state index is 12.5. The Labute approximate surface area is 158 Å². The Morgan fingerprint density at radius 2 is 1.93 bits per heavy atom. The van der Waals surface area contributed by atoms with Crippen LogP contribution in [0.5, 0.6) is 17.2 Å². The molecule has 0 fully saturated rings. The Morgan fingerprint density at radius 3 is 2.89 bits per heavy atom. The lowest BCUT2D eigenvalue weighted by molar-refractivity contribution is -0.120. The van der Waals surface area contributed by atoms with Gasteiger partial charge in [-0.25, -0.2) is 0 Å². The van der Waals surface area contributed by atoms with Crippen molar-refractivity contribution in [3.05, 3.63) is 53.1 Å². The minimum Gasteiger partial charge on any atom is -0.493 e. The monoisotopic (exact) mass is 365 g/mol. The van der Waals surface area contributed by atoms with E-state index >= 15 is 0 Å².